The Bertz CT molecular complexity index is 808. The van der Waals surface area contributed by atoms with E-state index in [4.69, 9.17) is 0 Å². The number of nitrogens with zero attached hydrogens (tertiary/aromatic N) is 2. The van der Waals surface area contributed by atoms with Crippen LogP contribution in [0, 0.1) is 11.7 Å². The summed E-state index contributed by atoms with van der Waals surface area (Å²) in [5.74, 6) is 0.0105. The number of carbonyl (C=O) groups is 1. The maximum absolute atomic E-state index is 13.1. The number of benzene rings is 2. The van der Waals surface area contributed by atoms with Crippen LogP contribution < -0.4 is 9.80 Å². The largest absolute Gasteiger partial charge is 0.506 e. The second kappa shape index (κ2) is 7.59. The molecule has 2 heterocycles. The molecule has 27 heavy (non-hydrogen) atoms. The van der Waals surface area contributed by atoms with Crippen molar-refractivity contribution in [2.75, 3.05) is 36.0 Å². The molecule has 4 rings (SSSR count). The average Bonchev–Trinajstić information content (AvgIpc) is 3.23. The van der Waals surface area contributed by atoms with Gasteiger partial charge in [-0.15, -0.1) is 0 Å². The van der Waals surface area contributed by atoms with Crippen LogP contribution in [0.15, 0.2) is 42.5 Å². The standard InChI is InChI=1S/C22H25FN2O2/c23-18-5-3-16(4-6-18)22(27)17-9-13-25(14-10-17)20-15-19(7-8-21(20)26)24-11-1-2-12-24/h3-8,15,17,26H,1-2,9-14H2. The van der Waals surface area contributed by atoms with Crippen molar-refractivity contribution < 1.29 is 14.3 Å². The zero-order valence-electron chi connectivity index (χ0n) is 15.4. The monoisotopic (exact) mass is 368 g/mol. The van der Waals surface area contributed by atoms with E-state index < -0.39 is 0 Å². The van der Waals surface area contributed by atoms with Gasteiger partial charge in [-0.2, -0.15) is 0 Å². The van der Waals surface area contributed by atoms with Crippen LogP contribution in [0.4, 0.5) is 15.8 Å². The number of ketones is 1. The van der Waals surface area contributed by atoms with Gasteiger partial charge in [-0.3, -0.25) is 4.79 Å². The number of aromatic hydroxyl groups is 1. The van der Waals surface area contributed by atoms with Gasteiger partial charge in [-0.05, 0) is 68.1 Å². The van der Waals surface area contributed by atoms with Gasteiger partial charge in [-0.25, -0.2) is 4.39 Å². The van der Waals surface area contributed by atoms with E-state index in [-0.39, 0.29) is 17.5 Å². The summed E-state index contributed by atoms with van der Waals surface area (Å²) in [6.45, 7) is 3.60. The van der Waals surface area contributed by atoms with E-state index in [1.54, 1.807) is 18.2 Å². The molecule has 1 N–H and O–H groups in total. The Labute approximate surface area is 159 Å². The van der Waals surface area contributed by atoms with Crippen LogP contribution in [-0.2, 0) is 0 Å². The zero-order chi connectivity index (χ0) is 18.8. The number of hydrogen-bond donors (Lipinski definition) is 1. The summed E-state index contributed by atoms with van der Waals surface area (Å²) in [5, 5.41) is 10.3. The normalized spacial score (nSPS) is 18.1. The fourth-order valence-corrected chi connectivity index (χ4v) is 4.17. The van der Waals surface area contributed by atoms with Gasteiger partial charge in [0, 0.05) is 43.3 Å². The molecule has 0 amide bonds. The van der Waals surface area contributed by atoms with Gasteiger partial charge in [0.2, 0.25) is 0 Å². The number of phenols is 1. The Morgan fingerprint density at radius 3 is 2.26 bits per heavy atom. The van der Waals surface area contributed by atoms with Crippen molar-refractivity contribution in [3.05, 3.63) is 53.8 Å². The van der Waals surface area contributed by atoms with Crippen LogP contribution in [0.1, 0.15) is 36.0 Å². The van der Waals surface area contributed by atoms with E-state index in [0.717, 1.165) is 50.4 Å². The van der Waals surface area contributed by atoms with Gasteiger partial charge in [0.1, 0.15) is 11.6 Å². The smallest absolute Gasteiger partial charge is 0.166 e. The molecule has 0 bridgehead atoms. The summed E-state index contributed by atoms with van der Waals surface area (Å²) in [5.41, 5.74) is 2.59. The van der Waals surface area contributed by atoms with Crippen LogP contribution in [0.3, 0.4) is 0 Å². The van der Waals surface area contributed by atoms with Crippen molar-refractivity contribution in [3.8, 4) is 5.75 Å². The first kappa shape index (κ1) is 17.8. The fourth-order valence-electron chi connectivity index (χ4n) is 4.17. The molecule has 0 aromatic heterocycles. The number of carbonyl (C=O) groups excluding carboxylic acids is 1. The minimum Gasteiger partial charge on any atom is -0.506 e. The van der Waals surface area contributed by atoms with Gasteiger partial charge in [-0.1, -0.05) is 0 Å². The highest BCUT2D eigenvalue weighted by molar-refractivity contribution is 5.98. The third-order valence-corrected chi connectivity index (χ3v) is 5.77. The predicted octanol–water partition coefficient (Wildman–Crippen LogP) is 4.23. The van der Waals surface area contributed by atoms with Crippen molar-refractivity contribution in [1.82, 2.24) is 0 Å². The van der Waals surface area contributed by atoms with E-state index in [1.807, 2.05) is 6.07 Å². The Hall–Kier alpha value is -2.56. The first-order valence-corrected chi connectivity index (χ1v) is 9.74. The highest BCUT2D eigenvalue weighted by atomic mass is 19.1. The second-order valence-electron chi connectivity index (χ2n) is 7.50. The number of anilines is 2. The van der Waals surface area contributed by atoms with Gasteiger partial charge in [0.25, 0.3) is 0 Å². The van der Waals surface area contributed by atoms with Crippen molar-refractivity contribution in [2.45, 2.75) is 25.7 Å². The first-order valence-electron chi connectivity index (χ1n) is 9.74. The number of phenolic OH excluding ortho intramolecular Hbond substituents is 1. The summed E-state index contributed by atoms with van der Waals surface area (Å²) in [6, 6.07) is 11.6. The lowest BCUT2D eigenvalue weighted by atomic mass is 9.88. The number of halogens is 1. The molecule has 2 aliphatic rings. The van der Waals surface area contributed by atoms with E-state index in [1.165, 1.54) is 25.0 Å². The van der Waals surface area contributed by atoms with Gasteiger partial charge < -0.3 is 14.9 Å². The lowest BCUT2D eigenvalue weighted by molar-refractivity contribution is 0.0900. The lowest BCUT2D eigenvalue weighted by Crippen LogP contribution is -2.36. The Morgan fingerprint density at radius 2 is 1.59 bits per heavy atom. The van der Waals surface area contributed by atoms with E-state index >= 15 is 0 Å². The molecule has 5 heteroatoms. The molecule has 0 radical (unpaired) electrons. The molecule has 2 aromatic rings. The molecular formula is C22H25FN2O2. The van der Waals surface area contributed by atoms with Crippen LogP contribution in [0.5, 0.6) is 5.75 Å². The molecule has 0 atom stereocenters. The molecular weight excluding hydrogens is 343 g/mol. The molecule has 2 aliphatic heterocycles. The Kier molecular flexibility index (Phi) is 5.01. The number of rotatable bonds is 4. The third-order valence-electron chi connectivity index (χ3n) is 5.77. The molecule has 0 unspecified atom stereocenters. The minimum absolute atomic E-state index is 0.0457. The molecule has 0 saturated carbocycles. The average molecular weight is 368 g/mol. The molecule has 2 fully saturated rings. The van der Waals surface area contributed by atoms with Crippen molar-refractivity contribution >= 4 is 17.2 Å². The molecule has 4 nitrogen and oxygen atoms in total. The highest BCUT2D eigenvalue weighted by Crippen LogP contribution is 2.35. The summed E-state index contributed by atoms with van der Waals surface area (Å²) in [6.07, 6.45) is 3.91. The van der Waals surface area contributed by atoms with E-state index in [9.17, 15) is 14.3 Å². The molecule has 2 saturated heterocycles. The van der Waals surface area contributed by atoms with Crippen molar-refractivity contribution in [3.63, 3.8) is 0 Å². The van der Waals surface area contributed by atoms with Crippen LogP contribution in [-0.4, -0.2) is 37.1 Å². The molecule has 0 spiro atoms. The van der Waals surface area contributed by atoms with Gasteiger partial charge >= 0.3 is 0 Å². The second-order valence-corrected chi connectivity index (χ2v) is 7.50. The van der Waals surface area contributed by atoms with Crippen molar-refractivity contribution in [1.29, 1.82) is 0 Å². The highest BCUT2D eigenvalue weighted by Gasteiger charge is 2.27. The first-order chi connectivity index (χ1) is 13.1. The van der Waals surface area contributed by atoms with E-state index in [2.05, 4.69) is 15.9 Å². The summed E-state index contributed by atoms with van der Waals surface area (Å²) in [4.78, 5) is 17.2. The van der Waals surface area contributed by atoms with Crippen LogP contribution in [0.25, 0.3) is 0 Å². The predicted molar refractivity (Wildman–Crippen MR) is 105 cm³/mol. The van der Waals surface area contributed by atoms with Crippen LogP contribution >= 0.6 is 0 Å². The van der Waals surface area contributed by atoms with Gasteiger partial charge in [0.05, 0.1) is 5.69 Å². The summed E-state index contributed by atoms with van der Waals surface area (Å²) >= 11 is 0. The van der Waals surface area contributed by atoms with Gasteiger partial charge in [0.15, 0.2) is 5.78 Å². The minimum atomic E-state index is -0.324. The molecule has 2 aromatic carbocycles. The quantitative estimate of drug-likeness (QED) is 0.820. The molecule has 0 aliphatic carbocycles. The maximum Gasteiger partial charge on any atom is 0.166 e. The maximum atomic E-state index is 13.1. The van der Waals surface area contributed by atoms with E-state index in [0.29, 0.717) is 11.3 Å². The lowest BCUT2D eigenvalue weighted by Gasteiger charge is -2.34. The number of Topliss-reactive ketones (excluding diaryl/α,β-unsaturated/α-hetero) is 1. The fraction of sp³-hybridized carbons (Fsp3) is 0.409. The summed E-state index contributed by atoms with van der Waals surface area (Å²) < 4.78 is 13.1. The zero-order valence-corrected chi connectivity index (χ0v) is 15.4. The molecule has 142 valence electrons. The topological polar surface area (TPSA) is 43.8 Å². The summed E-state index contributed by atoms with van der Waals surface area (Å²) in [7, 11) is 0. The number of piperidine rings is 1. The number of hydrogen-bond acceptors (Lipinski definition) is 4. The van der Waals surface area contributed by atoms with Crippen LogP contribution in [0.2, 0.25) is 0 Å². The third kappa shape index (κ3) is 3.77. The SMILES string of the molecule is O=C(c1ccc(F)cc1)C1CCN(c2cc(N3CCCC3)ccc2O)CC1. The Balaban J connectivity index is 1.43. The Morgan fingerprint density at radius 1 is 0.926 bits per heavy atom. The van der Waals surface area contributed by atoms with Crippen molar-refractivity contribution in [2.24, 2.45) is 5.92 Å².